The average Bonchev–Trinajstić information content (AvgIpc) is 2.88. The minimum atomic E-state index is -3.07. The first-order valence-corrected chi connectivity index (χ1v) is 11.6. The molecule has 1 aromatic rings. The number of hydrogen-bond donors (Lipinski definition) is 2. The number of carbonyl (C=O) groups excluding carboxylic acids is 1. The predicted molar refractivity (Wildman–Crippen MR) is 92.5 cm³/mol. The van der Waals surface area contributed by atoms with Crippen LogP contribution in [0.5, 0.6) is 0 Å². The lowest BCUT2D eigenvalue weighted by Crippen LogP contribution is -2.41. The second-order valence-electron chi connectivity index (χ2n) is 6.93. The normalized spacial score (nSPS) is 33.1. The first kappa shape index (κ1) is 17.1. The van der Waals surface area contributed by atoms with E-state index in [0.29, 0.717) is 12.1 Å². The van der Waals surface area contributed by atoms with E-state index in [0.717, 1.165) is 10.0 Å². The van der Waals surface area contributed by atoms with E-state index in [-0.39, 0.29) is 24.0 Å². The van der Waals surface area contributed by atoms with Crippen LogP contribution in [0.4, 0.5) is 9.80 Å². The number of ether oxygens (including phenoxy) is 1. The smallest absolute Gasteiger partial charge is 0.261 e. The summed E-state index contributed by atoms with van der Waals surface area (Å²) in [5, 5.41) is 12.2. The van der Waals surface area contributed by atoms with Crippen molar-refractivity contribution in [2.75, 3.05) is 11.9 Å². The fourth-order valence-electron chi connectivity index (χ4n) is 4.24. The van der Waals surface area contributed by atoms with Gasteiger partial charge in [0.05, 0.1) is 6.10 Å². The van der Waals surface area contributed by atoms with Gasteiger partial charge in [-0.1, -0.05) is 22.9 Å². The molecule has 0 aromatic heterocycles. The topological polar surface area (TPSA) is 58.6 Å². The average molecular weight is 402 g/mol. The summed E-state index contributed by atoms with van der Waals surface area (Å²) in [4.78, 5) is 12.8. The molecule has 2 N–H and O–H groups in total. The molecular formula is C16H21BrFNO3Si. The van der Waals surface area contributed by atoms with Crippen LogP contribution in [0.25, 0.3) is 0 Å². The standard InChI is InChI=1S/C16H21BrFNO3Si/c1-9-14(23(2,3)18)13(6-7-20)22-16(9)11-8-10(17)4-5-12(11)19-15(16)21/h4-5,8-9,13-14,20H,6-7H2,1-3H3,(H,19,21)/t9-,13+,14-,16+/m0/s1. The van der Waals surface area contributed by atoms with Crippen LogP contribution >= 0.6 is 15.9 Å². The molecule has 1 saturated heterocycles. The minimum Gasteiger partial charge on any atom is -0.396 e. The summed E-state index contributed by atoms with van der Waals surface area (Å²) < 4.78 is 22.0. The summed E-state index contributed by atoms with van der Waals surface area (Å²) in [7, 11) is -3.07. The Morgan fingerprint density at radius 3 is 2.78 bits per heavy atom. The molecule has 0 radical (unpaired) electrons. The first-order valence-electron chi connectivity index (χ1n) is 7.81. The van der Waals surface area contributed by atoms with Crippen molar-refractivity contribution in [2.45, 2.75) is 43.7 Å². The van der Waals surface area contributed by atoms with Gasteiger partial charge in [0.2, 0.25) is 8.41 Å². The quantitative estimate of drug-likeness (QED) is 0.601. The van der Waals surface area contributed by atoms with Gasteiger partial charge in [0.25, 0.3) is 5.91 Å². The lowest BCUT2D eigenvalue weighted by molar-refractivity contribution is -0.143. The summed E-state index contributed by atoms with van der Waals surface area (Å²) in [6.07, 6.45) is -0.106. The maximum atomic E-state index is 15.0. The van der Waals surface area contributed by atoms with Gasteiger partial charge >= 0.3 is 0 Å². The van der Waals surface area contributed by atoms with Gasteiger partial charge in [0, 0.05) is 33.8 Å². The largest absolute Gasteiger partial charge is 0.396 e. The van der Waals surface area contributed by atoms with E-state index < -0.39 is 20.1 Å². The number of rotatable bonds is 3. The molecule has 23 heavy (non-hydrogen) atoms. The van der Waals surface area contributed by atoms with Crippen molar-refractivity contribution < 1.29 is 18.7 Å². The van der Waals surface area contributed by atoms with Crippen LogP contribution < -0.4 is 5.32 Å². The molecule has 1 spiro atoms. The number of amides is 1. The second kappa shape index (κ2) is 5.65. The van der Waals surface area contributed by atoms with Gasteiger partial charge in [-0.25, -0.2) is 0 Å². The SMILES string of the molecule is C[C@H]1[C@H]([Si](C)(C)F)[C@@H](CCO)O[C@]12C(=O)Nc1ccc(Br)cc12. The summed E-state index contributed by atoms with van der Waals surface area (Å²) in [5.74, 6) is -0.525. The molecule has 126 valence electrons. The van der Waals surface area contributed by atoms with Crippen molar-refractivity contribution in [1.82, 2.24) is 0 Å². The molecular weight excluding hydrogens is 381 g/mol. The van der Waals surface area contributed by atoms with Crippen LogP contribution in [0.3, 0.4) is 0 Å². The Bertz CT molecular complexity index is 651. The van der Waals surface area contributed by atoms with Crippen LogP contribution in [0.15, 0.2) is 22.7 Å². The Morgan fingerprint density at radius 1 is 1.48 bits per heavy atom. The number of hydrogen-bond acceptors (Lipinski definition) is 3. The molecule has 0 saturated carbocycles. The van der Waals surface area contributed by atoms with E-state index in [1.54, 1.807) is 13.1 Å². The molecule has 2 aliphatic rings. The summed E-state index contributed by atoms with van der Waals surface area (Å²) >= 11 is 3.44. The van der Waals surface area contributed by atoms with Gasteiger partial charge in [0.15, 0.2) is 5.60 Å². The zero-order valence-corrected chi connectivity index (χ0v) is 16.0. The summed E-state index contributed by atoms with van der Waals surface area (Å²) in [6, 6.07) is 5.55. The molecule has 2 heterocycles. The number of fused-ring (bicyclic) bond motifs is 2. The van der Waals surface area contributed by atoms with Gasteiger partial charge < -0.3 is 19.3 Å². The van der Waals surface area contributed by atoms with E-state index in [2.05, 4.69) is 21.2 Å². The molecule has 1 aromatic carbocycles. The molecule has 2 aliphatic heterocycles. The Labute approximate surface area is 144 Å². The summed E-state index contributed by atoms with van der Waals surface area (Å²) in [5.41, 5.74) is -0.0369. The molecule has 0 unspecified atom stereocenters. The molecule has 4 atom stereocenters. The molecule has 1 amide bonds. The lowest BCUT2D eigenvalue weighted by atomic mass is 9.82. The van der Waals surface area contributed by atoms with Crippen LogP contribution in [-0.4, -0.2) is 32.1 Å². The highest BCUT2D eigenvalue weighted by atomic mass is 79.9. The van der Waals surface area contributed by atoms with Crippen LogP contribution in [-0.2, 0) is 15.1 Å². The van der Waals surface area contributed by atoms with Gasteiger partial charge in [0.1, 0.15) is 0 Å². The Balaban J connectivity index is 2.13. The molecule has 7 heteroatoms. The van der Waals surface area contributed by atoms with E-state index >= 15 is 0 Å². The molecule has 4 nitrogen and oxygen atoms in total. The molecule has 1 fully saturated rings. The highest BCUT2D eigenvalue weighted by molar-refractivity contribution is 9.10. The van der Waals surface area contributed by atoms with Crippen molar-refractivity contribution in [3.63, 3.8) is 0 Å². The first-order chi connectivity index (χ1) is 10.7. The molecule has 0 bridgehead atoms. The predicted octanol–water partition coefficient (Wildman–Crippen LogP) is 3.56. The number of benzene rings is 1. The maximum absolute atomic E-state index is 15.0. The number of aliphatic hydroxyl groups is 1. The molecule has 0 aliphatic carbocycles. The van der Waals surface area contributed by atoms with Crippen molar-refractivity contribution in [2.24, 2.45) is 5.92 Å². The molecule has 3 rings (SSSR count). The van der Waals surface area contributed by atoms with Crippen molar-refractivity contribution in [3.05, 3.63) is 28.2 Å². The third kappa shape index (κ3) is 2.48. The van der Waals surface area contributed by atoms with E-state index in [4.69, 9.17) is 4.74 Å². The van der Waals surface area contributed by atoms with E-state index in [9.17, 15) is 14.0 Å². The van der Waals surface area contributed by atoms with Gasteiger partial charge in [-0.2, -0.15) is 0 Å². The highest BCUT2D eigenvalue weighted by Gasteiger charge is 2.64. The van der Waals surface area contributed by atoms with Crippen LogP contribution in [0.2, 0.25) is 18.6 Å². The number of nitrogens with one attached hydrogen (secondary N) is 1. The second-order valence-corrected chi connectivity index (χ2v) is 11.6. The van der Waals surface area contributed by atoms with E-state index in [1.807, 2.05) is 25.1 Å². The summed E-state index contributed by atoms with van der Waals surface area (Å²) in [6.45, 7) is 5.11. The fraction of sp³-hybridized carbons (Fsp3) is 0.562. The van der Waals surface area contributed by atoms with Gasteiger partial charge in [-0.05, 0) is 37.7 Å². The van der Waals surface area contributed by atoms with Crippen LogP contribution in [0, 0.1) is 5.92 Å². The van der Waals surface area contributed by atoms with E-state index in [1.165, 1.54) is 0 Å². The Kier molecular flexibility index (Phi) is 4.19. The van der Waals surface area contributed by atoms with Crippen molar-refractivity contribution in [1.29, 1.82) is 0 Å². The lowest BCUT2D eigenvalue weighted by Gasteiger charge is -2.30. The van der Waals surface area contributed by atoms with Crippen molar-refractivity contribution in [3.8, 4) is 0 Å². The maximum Gasteiger partial charge on any atom is 0.261 e. The Hall–Kier alpha value is -0.763. The number of anilines is 1. The highest BCUT2D eigenvalue weighted by Crippen LogP contribution is 2.58. The van der Waals surface area contributed by atoms with Gasteiger partial charge in [-0.15, -0.1) is 0 Å². The fourth-order valence-corrected chi connectivity index (χ4v) is 7.14. The minimum absolute atomic E-state index is 0.0819. The third-order valence-corrected chi connectivity index (χ3v) is 8.04. The zero-order valence-electron chi connectivity index (χ0n) is 13.4. The zero-order chi connectivity index (χ0) is 17.0. The number of halogens is 2. The van der Waals surface area contributed by atoms with Gasteiger partial charge in [-0.3, -0.25) is 4.79 Å². The number of carbonyl (C=O) groups is 1. The van der Waals surface area contributed by atoms with Crippen molar-refractivity contribution >= 4 is 35.9 Å². The number of aliphatic hydroxyl groups excluding tert-OH is 1. The van der Waals surface area contributed by atoms with Crippen LogP contribution in [0.1, 0.15) is 18.9 Å². The monoisotopic (exact) mass is 401 g/mol. The third-order valence-electron chi connectivity index (χ3n) is 5.09. The Morgan fingerprint density at radius 2 is 2.17 bits per heavy atom.